The van der Waals surface area contributed by atoms with Gasteiger partial charge in [0.1, 0.15) is 0 Å². The van der Waals surface area contributed by atoms with Gasteiger partial charge in [0.15, 0.2) is 0 Å². The van der Waals surface area contributed by atoms with E-state index in [-0.39, 0.29) is 5.88 Å². The van der Waals surface area contributed by atoms with Crippen LogP contribution in [0.1, 0.15) is 30.9 Å². The molecule has 0 aliphatic carbocycles. The zero-order valence-electron chi connectivity index (χ0n) is 12.9. The number of hydrogen-bond donors (Lipinski definition) is 1. The number of unbranched alkanes of at least 4 members (excludes halogenated alkanes) is 1. The number of nitrogens with zero attached hydrogens (tertiary/aromatic N) is 1. The van der Waals surface area contributed by atoms with Gasteiger partial charge in [0.05, 0.1) is 5.56 Å². The third-order valence-electron chi connectivity index (χ3n) is 3.50. The third kappa shape index (κ3) is 4.24. The summed E-state index contributed by atoms with van der Waals surface area (Å²) in [5.41, 5.74) is 0.995. The van der Waals surface area contributed by atoms with E-state index in [1.165, 1.54) is 18.3 Å². The van der Waals surface area contributed by atoms with E-state index in [2.05, 4.69) is 4.98 Å². The van der Waals surface area contributed by atoms with E-state index < -0.39 is 17.9 Å². The lowest BCUT2D eigenvalue weighted by Crippen LogP contribution is -2.08. The number of alkyl halides is 3. The highest BCUT2D eigenvalue weighted by molar-refractivity contribution is 5.71. The molecule has 1 heterocycles. The minimum atomic E-state index is -4.40. The van der Waals surface area contributed by atoms with Gasteiger partial charge in [-0.25, -0.2) is 9.78 Å². The van der Waals surface area contributed by atoms with Crippen molar-refractivity contribution in [2.75, 3.05) is 0 Å². The molecule has 0 spiro atoms. The fourth-order valence-corrected chi connectivity index (χ4v) is 2.35. The van der Waals surface area contributed by atoms with Crippen molar-refractivity contribution in [2.45, 2.75) is 32.4 Å². The molecule has 1 aromatic heterocycles. The van der Waals surface area contributed by atoms with Gasteiger partial charge >= 0.3 is 12.3 Å². The van der Waals surface area contributed by atoms with Gasteiger partial charge in [-0.15, -0.1) is 0 Å². The first-order valence-corrected chi connectivity index (χ1v) is 7.39. The quantitative estimate of drug-likeness (QED) is 0.764. The second-order valence-electron chi connectivity index (χ2n) is 5.19. The van der Waals surface area contributed by atoms with Crippen molar-refractivity contribution in [3.8, 4) is 17.0 Å². The second-order valence-corrected chi connectivity index (χ2v) is 5.19. The van der Waals surface area contributed by atoms with Crippen LogP contribution in [0.4, 0.5) is 18.0 Å². The molecule has 0 saturated carbocycles. The first kappa shape index (κ1) is 17.8. The van der Waals surface area contributed by atoms with Crippen LogP contribution in [0.5, 0.6) is 5.88 Å². The molecule has 2 aromatic rings. The summed E-state index contributed by atoms with van der Waals surface area (Å²) in [6.45, 7) is 1.98. The Bertz CT molecular complexity index is 712. The van der Waals surface area contributed by atoms with Crippen molar-refractivity contribution in [1.82, 2.24) is 4.98 Å². The summed E-state index contributed by atoms with van der Waals surface area (Å²) in [5.74, 6) is -0.0339. The van der Waals surface area contributed by atoms with E-state index in [0.29, 0.717) is 23.1 Å². The average Bonchev–Trinajstić information content (AvgIpc) is 2.52. The molecule has 0 radical (unpaired) electrons. The Hall–Kier alpha value is -2.57. The van der Waals surface area contributed by atoms with Crippen LogP contribution in [0.15, 0.2) is 36.5 Å². The lowest BCUT2D eigenvalue weighted by molar-refractivity contribution is -0.137. The highest BCUT2D eigenvalue weighted by Gasteiger charge is 2.30. The minimum absolute atomic E-state index is 0.0339. The van der Waals surface area contributed by atoms with Crippen molar-refractivity contribution < 1.29 is 27.8 Å². The predicted octanol–water partition coefficient (Wildman–Crippen LogP) is 5.17. The molecule has 0 bridgehead atoms. The number of carbonyl (C=O) groups is 1. The maximum absolute atomic E-state index is 12.7. The monoisotopic (exact) mass is 339 g/mol. The highest BCUT2D eigenvalue weighted by atomic mass is 19.4. The fourth-order valence-electron chi connectivity index (χ4n) is 2.35. The second kappa shape index (κ2) is 7.33. The van der Waals surface area contributed by atoms with Gasteiger partial charge in [0.25, 0.3) is 0 Å². The Morgan fingerprint density at radius 1 is 1.21 bits per heavy atom. The lowest BCUT2D eigenvalue weighted by atomic mass is 9.97. The third-order valence-corrected chi connectivity index (χ3v) is 3.50. The zero-order valence-corrected chi connectivity index (χ0v) is 12.9. The Labute approximate surface area is 136 Å². The molecule has 0 aliphatic heterocycles. The van der Waals surface area contributed by atoms with Gasteiger partial charge in [0.2, 0.25) is 5.88 Å². The van der Waals surface area contributed by atoms with E-state index in [0.717, 1.165) is 25.0 Å². The van der Waals surface area contributed by atoms with E-state index >= 15 is 0 Å². The van der Waals surface area contributed by atoms with Gasteiger partial charge in [-0.05, 0) is 42.2 Å². The zero-order chi connectivity index (χ0) is 17.7. The summed E-state index contributed by atoms with van der Waals surface area (Å²) in [7, 11) is 0. The van der Waals surface area contributed by atoms with Gasteiger partial charge in [0, 0.05) is 11.8 Å². The molecule has 0 fully saturated rings. The van der Waals surface area contributed by atoms with Gasteiger partial charge in [-0.3, -0.25) is 0 Å². The molecule has 24 heavy (non-hydrogen) atoms. The van der Waals surface area contributed by atoms with Crippen LogP contribution < -0.4 is 4.74 Å². The topological polar surface area (TPSA) is 59.4 Å². The summed E-state index contributed by atoms with van der Waals surface area (Å²) in [4.78, 5) is 14.7. The van der Waals surface area contributed by atoms with E-state index in [4.69, 9.17) is 9.84 Å². The Morgan fingerprint density at radius 2 is 1.88 bits per heavy atom. The van der Waals surface area contributed by atoms with Crippen LogP contribution in [0.25, 0.3) is 11.1 Å². The predicted molar refractivity (Wildman–Crippen MR) is 81.9 cm³/mol. The largest absolute Gasteiger partial charge is 0.512 e. The van der Waals surface area contributed by atoms with Crippen molar-refractivity contribution in [1.29, 1.82) is 0 Å². The van der Waals surface area contributed by atoms with Crippen molar-refractivity contribution in [2.24, 2.45) is 0 Å². The number of aromatic nitrogens is 1. The van der Waals surface area contributed by atoms with Crippen molar-refractivity contribution in [3.05, 3.63) is 47.7 Å². The molecule has 1 N–H and O–H groups in total. The number of halogens is 3. The summed E-state index contributed by atoms with van der Waals surface area (Å²) in [5, 5.41) is 8.82. The first-order valence-electron chi connectivity index (χ1n) is 7.39. The number of pyridine rings is 1. The lowest BCUT2D eigenvalue weighted by Gasteiger charge is -2.13. The molecule has 7 heteroatoms. The number of ether oxygens (including phenoxy) is 1. The number of benzene rings is 1. The molecule has 1 aromatic carbocycles. The smallest absolute Gasteiger partial charge is 0.449 e. The maximum atomic E-state index is 12.7. The number of hydrogen-bond acceptors (Lipinski definition) is 3. The van der Waals surface area contributed by atoms with E-state index in [9.17, 15) is 18.0 Å². The van der Waals surface area contributed by atoms with Crippen LogP contribution in [-0.2, 0) is 12.6 Å². The highest BCUT2D eigenvalue weighted by Crippen LogP contribution is 2.34. The van der Waals surface area contributed by atoms with E-state index in [1.54, 1.807) is 6.07 Å². The molecular weight excluding hydrogens is 323 g/mol. The average molecular weight is 339 g/mol. The summed E-state index contributed by atoms with van der Waals surface area (Å²) >= 11 is 0. The molecular formula is C17H16F3NO3. The summed E-state index contributed by atoms with van der Waals surface area (Å²) < 4.78 is 42.7. The van der Waals surface area contributed by atoms with Crippen LogP contribution in [-0.4, -0.2) is 16.2 Å². The van der Waals surface area contributed by atoms with Crippen LogP contribution in [0.2, 0.25) is 0 Å². The standard InChI is InChI=1S/C17H16F3NO3/c1-2-3-4-14-13(9-10-21-15(14)24-16(22)23)11-5-7-12(8-6-11)17(18,19)20/h5-10H,2-4H2,1H3,(H,22,23). The Morgan fingerprint density at radius 3 is 2.42 bits per heavy atom. The summed E-state index contributed by atoms with van der Waals surface area (Å²) in [6.07, 6.45) is -2.35. The molecule has 0 unspecified atom stereocenters. The molecule has 0 saturated heterocycles. The Kier molecular flexibility index (Phi) is 5.43. The number of carboxylic acid groups (broad SMARTS) is 1. The Balaban J connectivity index is 2.46. The van der Waals surface area contributed by atoms with Crippen LogP contribution in [0.3, 0.4) is 0 Å². The van der Waals surface area contributed by atoms with Gasteiger partial charge in [-0.2, -0.15) is 13.2 Å². The number of rotatable bonds is 5. The minimum Gasteiger partial charge on any atom is -0.449 e. The van der Waals surface area contributed by atoms with Crippen molar-refractivity contribution in [3.63, 3.8) is 0 Å². The van der Waals surface area contributed by atoms with Gasteiger partial charge in [-0.1, -0.05) is 25.5 Å². The molecule has 128 valence electrons. The first-order chi connectivity index (χ1) is 11.3. The van der Waals surface area contributed by atoms with E-state index in [1.807, 2.05) is 6.92 Å². The van der Waals surface area contributed by atoms with Gasteiger partial charge < -0.3 is 9.84 Å². The molecule has 2 rings (SSSR count). The van der Waals surface area contributed by atoms with Crippen LogP contribution in [0, 0.1) is 0 Å². The molecule has 0 amide bonds. The molecule has 0 aliphatic rings. The maximum Gasteiger partial charge on any atom is 0.512 e. The normalized spacial score (nSPS) is 11.3. The van der Waals surface area contributed by atoms with Crippen LogP contribution >= 0.6 is 0 Å². The van der Waals surface area contributed by atoms with Crippen molar-refractivity contribution >= 4 is 6.16 Å². The molecule has 4 nitrogen and oxygen atoms in total. The SMILES string of the molecule is CCCCc1c(-c2ccc(C(F)(F)F)cc2)ccnc1OC(=O)O. The molecule has 0 atom stereocenters. The fraction of sp³-hybridized carbons (Fsp3) is 0.294. The summed E-state index contributed by atoms with van der Waals surface area (Å²) in [6, 6.07) is 6.35.